The second-order valence-electron chi connectivity index (χ2n) is 2.89. The van der Waals surface area contributed by atoms with Crippen LogP contribution in [-0.4, -0.2) is 6.61 Å². The van der Waals surface area contributed by atoms with Crippen molar-refractivity contribution in [1.82, 2.24) is 0 Å². The van der Waals surface area contributed by atoms with E-state index in [1.54, 1.807) is 6.07 Å². The highest BCUT2D eigenvalue weighted by Crippen LogP contribution is 2.21. The third-order valence-electron chi connectivity index (χ3n) is 1.91. The monoisotopic (exact) mass is 206 g/mol. The lowest BCUT2D eigenvalue weighted by Gasteiger charge is -2.03. The van der Waals surface area contributed by atoms with Crippen LogP contribution in [0.1, 0.15) is 6.92 Å². The van der Waals surface area contributed by atoms with Crippen molar-refractivity contribution in [3.8, 4) is 5.75 Å². The quantitative estimate of drug-likeness (QED) is 0.755. The average Bonchev–Trinajstić information content (AvgIpc) is 2.17. The number of hydrogen-bond acceptors (Lipinski definition) is 3. The normalized spacial score (nSPS) is 10.4. The van der Waals surface area contributed by atoms with E-state index >= 15 is 0 Å². The Hall–Kier alpha value is -1.35. The molecule has 0 saturated heterocycles. The predicted molar refractivity (Wildman–Crippen MR) is 59.3 cm³/mol. The van der Waals surface area contributed by atoms with Crippen LogP contribution in [0.5, 0.6) is 5.75 Å². The number of benzene rings is 1. The second kappa shape index (κ2) is 3.80. The molecule has 14 heavy (non-hydrogen) atoms. The van der Waals surface area contributed by atoms with Crippen LogP contribution in [0.25, 0.3) is 10.1 Å². The minimum absolute atomic E-state index is 0.0751. The Kier molecular flexibility index (Phi) is 2.50. The van der Waals surface area contributed by atoms with E-state index in [2.05, 4.69) is 0 Å². The van der Waals surface area contributed by atoms with Crippen molar-refractivity contribution < 1.29 is 4.74 Å². The SMILES string of the molecule is CCOc1ccc2ccc(=O)sc2c1. The van der Waals surface area contributed by atoms with Gasteiger partial charge >= 0.3 is 0 Å². The van der Waals surface area contributed by atoms with Gasteiger partial charge in [-0.2, -0.15) is 0 Å². The van der Waals surface area contributed by atoms with Gasteiger partial charge in [0.2, 0.25) is 4.74 Å². The Bertz CT molecular complexity index is 502. The third kappa shape index (κ3) is 1.77. The molecule has 0 aliphatic carbocycles. The molecular formula is C11H10O2S. The Morgan fingerprint density at radius 2 is 2.07 bits per heavy atom. The summed E-state index contributed by atoms with van der Waals surface area (Å²) in [6, 6.07) is 9.22. The summed E-state index contributed by atoms with van der Waals surface area (Å²) in [5, 5.41) is 1.08. The molecule has 2 rings (SSSR count). The van der Waals surface area contributed by atoms with Crippen LogP contribution in [0.15, 0.2) is 35.1 Å². The van der Waals surface area contributed by atoms with Gasteiger partial charge in [0.15, 0.2) is 0 Å². The van der Waals surface area contributed by atoms with Crippen molar-refractivity contribution in [2.75, 3.05) is 6.61 Å². The molecular weight excluding hydrogens is 196 g/mol. The summed E-state index contributed by atoms with van der Waals surface area (Å²) in [6.45, 7) is 2.59. The topological polar surface area (TPSA) is 26.3 Å². The van der Waals surface area contributed by atoms with Crippen LogP contribution in [0.4, 0.5) is 0 Å². The first-order chi connectivity index (χ1) is 6.79. The van der Waals surface area contributed by atoms with Crippen LogP contribution in [-0.2, 0) is 0 Å². The Morgan fingerprint density at radius 3 is 2.86 bits per heavy atom. The molecule has 1 aromatic heterocycles. The zero-order valence-corrected chi connectivity index (χ0v) is 8.64. The van der Waals surface area contributed by atoms with Gasteiger partial charge in [-0.3, -0.25) is 4.79 Å². The molecule has 1 heterocycles. The number of rotatable bonds is 2. The smallest absolute Gasteiger partial charge is 0.232 e. The van der Waals surface area contributed by atoms with Crippen molar-refractivity contribution >= 4 is 21.4 Å². The number of ether oxygens (including phenoxy) is 1. The van der Waals surface area contributed by atoms with E-state index in [1.165, 1.54) is 11.3 Å². The largest absolute Gasteiger partial charge is 0.494 e. The molecule has 0 spiro atoms. The standard InChI is InChI=1S/C11H10O2S/c1-2-13-9-5-3-8-4-6-11(12)14-10(8)7-9/h3-7H,2H2,1H3. The molecule has 0 N–H and O–H groups in total. The molecule has 0 fully saturated rings. The molecule has 0 saturated carbocycles. The van der Waals surface area contributed by atoms with Gasteiger partial charge in [0.05, 0.1) is 6.61 Å². The predicted octanol–water partition coefficient (Wildman–Crippen LogP) is 2.66. The maximum absolute atomic E-state index is 11.1. The first-order valence-corrected chi connectivity index (χ1v) is 5.28. The zero-order valence-electron chi connectivity index (χ0n) is 7.82. The van der Waals surface area contributed by atoms with Crippen LogP contribution in [0, 0.1) is 0 Å². The first kappa shape index (κ1) is 9.21. The maximum atomic E-state index is 11.1. The van der Waals surface area contributed by atoms with Crippen LogP contribution >= 0.6 is 11.3 Å². The van der Waals surface area contributed by atoms with E-state index in [-0.39, 0.29) is 4.74 Å². The highest BCUT2D eigenvalue weighted by atomic mass is 32.1. The van der Waals surface area contributed by atoms with Gasteiger partial charge in [-0.1, -0.05) is 11.3 Å². The van der Waals surface area contributed by atoms with E-state index in [4.69, 9.17) is 4.74 Å². The molecule has 72 valence electrons. The fraction of sp³-hybridized carbons (Fsp3) is 0.182. The summed E-state index contributed by atoms with van der Waals surface area (Å²) in [6.07, 6.45) is 0. The maximum Gasteiger partial charge on any atom is 0.232 e. The molecule has 0 aliphatic rings. The van der Waals surface area contributed by atoms with Crippen LogP contribution in [0.2, 0.25) is 0 Å². The number of hydrogen-bond donors (Lipinski definition) is 0. The average molecular weight is 206 g/mol. The third-order valence-corrected chi connectivity index (χ3v) is 2.82. The van der Waals surface area contributed by atoms with Gasteiger partial charge < -0.3 is 4.74 Å². The van der Waals surface area contributed by atoms with Crippen LogP contribution in [0.3, 0.4) is 0 Å². The second-order valence-corrected chi connectivity index (χ2v) is 3.93. The van der Waals surface area contributed by atoms with Gasteiger partial charge in [-0.15, -0.1) is 0 Å². The summed E-state index contributed by atoms with van der Waals surface area (Å²) in [5.74, 6) is 0.821. The van der Waals surface area contributed by atoms with Gasteiger partial charge in [0, 0.05) is 4.70 Å². The summed E-state index contributed by atoms with van der Waals surface area (Å²) < 4.78 is 6.41. The Labute approximate surface area is 85.8 Å². The summed E-state index contributed by atoms with van der Waals surface area (Å²) in [5.41, 5.74) is 0. The minimum Gasteiger partial charge on any atom is -0.494 e. The van der Waals surface area contributed by atoms with Gasteiger partial charge in [-0.25, -0.2) is 0 Å². The van der Waals surface area contributed by atoms with Crippen molar-refractivity contribution in [2.24, 2.45) is 0 Å². The van der Waals surface area contributed by atoms with Gasteiger partial charge in [0.25, 0.3) is 0 Å². The van der Waals surface area contributed by atoms with E-state index in [0.717, 1.165) is 15.8 Å². The molecule has 0 unspecified atom stereocenters. The molecule has 2 aromatic rings. The fourth-order valence-corrected chi connectivity index (χ4v) is 2.08. The van der Waals surface area contributed by atoms with Gasteiger partial charge in [0.1, 0.15) is 5.75 Å². The lowest BCUT2D eigenvalue weighted by Crippen LogP contribution is -1.92. The fourth-order valence-electron chi connectivity index (χ4n) is 1.30. The van der Waals surface area contributed by atoms with E-state index in [0.29, 0.717) is 6.61 Å². The molecule has 0 amide bonds. The highest BCUT2D eigenvalue weighted by Gasteiger charge is 1.97. The summed E-state index contributed by atoms with van der Waals surface area (Å²) in [7, 11) is 0. The van der Waals surface area contributed by atoms with E-state index in [9.17, 15) is 4.79 Å². The molecule has 1 aromatic carbocycles. The summed E-state index contributed by atoms with van der Waals surface area (Å²) in [4.78, 5) is 11.1. The van der Waals surface area contributed by atoms with E-state index in [1.807, 2.05) is 31.2 Å². The Morgan fingerprint density at radius 1 is 1.29 bits per heavy atom. The molecule has 0 radical (unpaired) electrons. The minimum atomic E-state index is 0.0751. The lowest BCUT2D eigenvalue weighted by molar-refractivity contribution is 0.341. The van der Waals surface area contributed by atoms with Crippen molar-refractivity contribution in [2.45, 2.75) is 6.92 Å². The first-order valence-electron chi connectivity index (χ1n) is 4.46. The number of fused-ring (bicyclic) bond motifs is 1. The lowest BCUT2D eigenvalue weighted by atomic mass is 10.2. The summed E-state index contributed by atoms with van der Waals surface area (Å²) >= 11 is 1.25. The molecule has 0 bridgehead atoms. The van der Waals surface area contributed by atoms with Crippen molar-refractivity contribution in [3.05, 3.63) is 39.9 Å². The Balaban J connectivity index is 2.58. The van der Waals surface area contributed by atoms with Crippen molar-refractivity contribution in [1.29, 1.82) is 0 Å². The van der Waals surface area contributed by atoms with Crippen LogP contribution < -0.4 is 9.48 Å². The zero-order chi connectivity index (χ0) is 9.97. The van der Waals surface area contributed by atoms with E-state index < -0.39 is 0 Å². The molecule has 2 nitrogen and oxygen atoms in total. The molecule has 0 aliphatic heterocycles. The highest BCUT2D eigenvalue weighted by molar-refractivity contribution is 7.16. The molecule has 0 atom stereocenters. The van der Waals surface area contributed by atoms with Crippen molar-refractivity contribution in [3.63, 3.8) is 0 Å². The molecule has 3 heteroatoms. The van der Waals surface area contributed by atoms with Gasteiger partial charge in [-0.05, 0) is 42.6 Å².